The van der Waals surface area contributed by atoms with Crippen molar-refractivity contribution in [2.45, 2.75) is 20.0 Å². The average molecular weight is 380 g/mol. The highest BCUT2D eigenvalue weighted by atomic mass is 32.2. The van der Waals surface area contributed by atoms with Crippen LogP contribution >= 0.6 is 0 Å². The first kappa shape index (κ1) is 20.2. The highest BCUT2D eigenvalue weighted by Crippen LogP contribution is 2.20. The van der Waals surface area contributed by atoms with Crippen LogP contribution in [0.25, 0.3) is 10.8 Å². The molecule has 0 aliphatic rings. The molecule has 26 heavy (non-hydrogen) atoms. The number of sulfonamides is 1. The second kappa shape index (κ2) is 8.03. The Balaban J connectivity index is 1.93. The van der Waals surface area contributed by atoms with E-state index in [1.165, 1.54) is 13.8 Å². The van der Waals surface area contributed by atoms with Gasteiger partial charge in [-0.2, -0.15) is 0 Å². The summed E-state index contributed by atoms with van der Waals surface area (Å²) < 4.78 is 26.8. The lowest BCUT2D eigenvalue weighted by Gasteiger charge is -2.27. The third kappa shape index (κ3) is 5.17. The van der Waals surface area contributed by atoms with Gasteiger partial charge in [-0.15, -0.1) is 0 Å². The van der Waals surface area contributed by atoms with Crippen LogP contribution in [0.5, 0.6) is 0 Å². The minimum Gasteiger partial charge on any atom is -0.396 e. The quantitative estimate of drug-likeness (QED) is 0.547. The molecule has 4 N–H and O–H groups in total. The predicted molar refractivity (Wildman–Crippen MR) is 101 cm³/mol. The van der Waals surface area contributed by atoms with E-state index in [1.807, 2.05) is 30.3 Å². The molecule has 0 spiro atoms. The zero-order valence-corrected chi connectivity index (χ0v) is 15.6. The molecule has 0 saturated carbocycles. The van der Waals surface area contributed by atoms with Crippen LogP contribution in [0.3, 0.4) is 0 Å². The number of amides is 1. The molecule has 0 saturated heterocycles. The highest BCUT2D eigenvalue weighted by molar-refractivity contribution is 7.92. The molecular weight excluding hydrogens is 356 g/mol. The number of carbonyl (C=O) groups is 1. The number of aliphatic hydroxyl groups is 2. The minimum atomic E-state index is -3.66. The molecule has 0 heterocycles. The van der Waals surface area contributed by atoms with Gasteiger partial charge in [0.15, 0.2) is 0 Å². The SMILES string of the molecule is CC(C)(CO)[C@@H](O)C(=O)NCCS(=O)(=O)Nc1ccc2ccccc2c1. The molecule has 2 aromatic carbocycles. The summed E-state index contributed by atoms with van der Waals surface area (Å²) in [5, 5.41) is 23.3. The highest BCUT2D eigenvalue weighted by Gasteiger charge is 2.32. The monoisotopic (exact) mass is 380 g/mol. The van der Waals surface area contributed by atoms with Gasteiger partial charge in [-0.1, -0.05) is 44.2 Å². The number of hydrogen-bond acceptors (Lipinski definition) is 5. The molecule has 1 atom stereocenters. The van der Waals surface area contributed by atoms with Crippen LogP contribution in [0.4, 0.5) is 5.69 Å². The molecule has 0 fully saturated rings. The Hall–Kier alpha value is -2.16. The van der Waals surface area contributed by atoms with Crippen LogP contribution in [-0.4, -0.2) is 49.5 Å². The van der Waals surface area contributed by atoms with Gasteiger partial charge < -0.3 is 15.5 Å². The van der Waals surface area contributed by atoms with Crippen molar-refractivity contribution in [1.82, 2.24) is 5.32 Å². The van der Waals surface area contributed by atoms with Crippen molar-refractivity contribution < 1.29 is 23.4 Å². The summed E-state index contributed by atoms with van der Waals surface area (Å²) in [6, 6.07) is 12.8. The van der Waals surface area contributed by atoms with E-state index < -0.39 is 27.4 Å². The first-order valence-electron chi connectivity index (χ1n) is 8.20. The lowest BCUT2D eigenvalue weighted by molar-refractivity contribution is -0.136. The van der Waals surface area contributed by atoms with E-state index in [0.29, 0.717) is 5.69 Å². The Morgan fingerprint density at radius 1 is 1.15 bits per heavy atom. The summed E-state index contributed by atoms with van der Waals surface area (Å²) in [4.78, 5) is 11.9. The lowest BCUT2D eigenvalue weighted by atomic mass is 9.87. The van der Waals surface area contributed by atoms with Gasteiger partial charge in [0.1, 0.15) is 6.10 Å². The van der Waals surface area contributed by atoms with Crippen molar-refractivity contribution in [1.29, 1.82) is 0 Å². The molecule has 142 valence electrons. The second-order valence-electron chi connectivity index (χ2n) is 6.82. The summed E-state index contributed by atoms with van der Waals surface area (Å²) in [6.45, 7) is 2.55. The van der Waals surface area contributed by atoms with Crippen molar-refractivity contribution in [3.05, 3.63) is 42.5 Å². The molecule has 0 unspecified atom stereocenters. The summed E-state index contributed by atoms with van der Waals surface area (Å²) in [6.07, 6.45) is -1.43. The van der Waals surface area contributed by atoms with Crippen molar-refractivity contribution >= 4 is 32.4 Å². The number of carbonyl (C=O) groups excluding carboxylic acids is 1. The van der Waals surface area contributed by atoms with E-state index in [0.717, 1.165) is 10.8 Å². The molecule has 8 heteroatoms. The zero-order valence-electron chi connectivity index (χ0n) is 14.8. The minimum absolute atomic E-state index is 0.152. The zero-order chi connectivity index (χ0) is 19.4. The van der Waals surface area contributed by atoms with E-state index in [4.69, 9.17) is 5.11 Å². The fourth-order valence-electron chi connectivity index (χ4n) is 2.33. The fraction of sp³-hybridized carbons (Fsp3) is 0.389. The molecule has 0 aliphatic carbocycles. The molecule has 0 aliphatic heterocycles. The van der Waals surface area contributed by atoms with Crippen LogP contribution in [0.1, 0.15) is 13.8 Å². The normalized spacial score (nSPS) is 13.4. The van der Waals surface area contributed by atoms with Crippen molar-refractivity contribution in [2.24, 2.45) is 5.41 Å². The van der Waals surface area contributed by atoms with Gasteiger partial charge >= 0.3 is 0 Å². The third-order valence-electron chi connectivity index (χ3n) is 4.09. The molecule has 0 bridgehead atoms. The van der Waals surface area contributed by atoms with Crippen molar-refractivity contribution in [3.63, 3.8) is 0 Å². The maximum absolute atomic E-state index is 12.2. The lowest BCUT2D eigenvalue weighted by Crippen LogP contribution is -2.46. The molecular formula is C18H24N2O5S. The van der Waals surface area contributed by atoms with Gasteiger partial charge in [0.05, 0.1) is 12.4 Å². The Kier molecular flexibility index (Phi) is 6.22. The van der Waals surface area contributed by atoms with Crippen LogP contribution in [0, 0.1) is 5.41 Å². The van der Waals surface area contributed by atoms with E-state index in [1.54, 1.807) is 12.1 Å². The largest absolute Gasteiger partial charge is 0.396 e. The topological polar surface area (TPSA) is 116 Å². The van der Waals surface area contributed by atoms with Crippen LogP contribution in [-0.2, 0) is 14.8 Å². The molecule has 1 amide bonds. The van der Waals surface area contributed by atoms with Crippen molar-refractivity contribution in [2.75, 3.05) is 23.6 Å². The Morgan fingerprint density at radius 3 is 2.46 bits per heavy atom. The maximum atomic E-state index is 12.2. The third-order valence-corrected chi connectivity index (χ3v) is 5.38. The maximum Gasteiger partial charge on any atom is 0.249 e. The first-order valence-corrected chi connectivity index (χ1v) is 9.86. The van der Waals surface area contributed by atoms with E-state index >= 15 is 0 Å². The fourth-order valence-corrected chi connectivity index (χ4v) is 3.29. The van der Waals surface area contributed by atoms with Crippen molar-refractivity contribution in [3.8, 4) is 0 Å². The molecule has 7 nitrogen and oxygen atoms in total. The van der Waals surface area contributed by atoms with Gasteiger partial charge in [-0.25, -0.2) is 8.42 Å². The standard InChI is InChI=1S/C18H24N2O5S/c1-18(2,12-21)16(22)17(23)19-9-10-26(24,25)20-15-8-7-13-5-3-4-6-14(13)11-15/h3-8,11,16,20-22H,9-10,12H2,1-2H3,(H,19,23)/t16-/m0/s1. The van der Waals surface area contributed by atoms with Gasteiger partial charge in [0, 0.05) is 17.6 Å². The smallest absolute Gasteiger partial charge is 0.249 e. The Morgan fingerprint density at radius 2 is 1.81 bits per heavy atom. The molecule has 0 aromatic heterocycles. The van der Waals surface area contributed by atoms with E-state index in [2.05, 4.69) is 10.0 Å². The average Bonchev–Trinajstić information content (AvgIpc) is 2.60. The van der Waals surface area contributed by atoms with Gasteiger partial charge in [0.25, 0.3) is 0 Å². The van der Waals surface area contributed by atoms with Crippen LogP contribution in [0.2, 0.25) is 0 Å². The molecule has 2 aromatic rings. The number of rotatable bonds is 8. The van der Waals surface area contributed by atoms with Crippen LogP contribution in [0.15, 0.2) is 42.5 Å². The summed E-state index contributed by atoms with van der Waals surface area (Å²) in [5.41, 5.74) is -0.566. The Bertz CT molecular complexity index is 880. The molecule has 2 rings (SSSR count). The van der Waals surface area contributed by atoms with Crippen LogP contribution < -0.4 is 10.0 Å². The number of aliphatic hydroxyl groups excluding tert-OH is 2. The van der Waals surface area contributed by atoms with Gasteiger partial charge in [0.2, 0.25) is 15.9 Å². The number of nitrogens with one attached hydrogen (secondary N) is 2. The number of hydrogen-bond donors (Lipinski definition) is 4. The first-order chi connectivity index (χ1) is 12.1. The van der Waals surface area contributed by atoms with Gasteiger partial charge in [-0.05, 0) is 22.9 Å². The summed E-state index contributed by atoms with van der Waals surface area (Å²) >= 11 is 0. The number of fused-ring (bicyclic) bond motifs is 1. The van der Waals surface area contributed by atoms with E-state index in [-0.39, 0.29) is 18.9 Å². The predicted octanol–water partition coefficient (Wildman–Crippen LogP) is 1.08. The Labute approximate surface area is 153 Å². The molecule has 0 radical (unpaired) electrons. The van der Waals surface area contributed by atoms with E-state index in [9.17, 15) is 18.3 Å². The second-order valence-corrected chi connectivity index (χ2v) is 8.66. The summed E-state index contributed by atoms with van der Waals surface area (Å²) in [7, 11) is -3.66. The van der Waals surface area contributed by atoms with Gasteiger partial charge in [-0.3, -0.25) is 9.52 Å². The number of anilines is 1. The number of benzene rings is 2. The summed E-state index contributed by atoms with van der Waals surface area (Å²) in [5.74, 6) is -1.05.